The zero-order valence-corrected chi connectivity index (χ0v) is 13.6. The third kappa shape index (κ3) is 3.68. The Morgan fingerprint density at radius 2 is 2.00 bits per heavy atom. The van der Waals surface area contributed by atoms with Crippen molar-refractivity contribution in [3.05, 3.63) is 35.9 Å². The van der Waals surface area contributed by atoms with Crippen molar-refractivity contribution < 1.29 is 9.53 Å². The molecule has 1 saturated carbocycles. The standard InChI is InChI=1S/C18H26N2O2/c1-3-20(16-9-10-16)18(21)13-19-11-14(2)22-17(12-19)15-7-5-4-6-8-15/h4-8,14,16-17H,3,9-13H2,1-2H3. The van der Waals surface area contributed by atoms with Gasteiger partial charge in [-0.15, -0.1) is 0 Å². The van der Waals surface area contributed by atoms with Crippen LogP contribution in [0.3, 0.4) is 0 Å². The van der Waals surface area contributed by atoms with Crippen LogP contribution in [-0.4, -0.2) is 54.0 Å². The Balaban J connectivity index is 1.62. The Bertz CT molecular complexity index is 501. The summed E-state index contributed by atoms with van der Waals surface area (Å²) in [4.78, 5) is 16.8. The van der Waals surface area contributed by atoms with Crippen LogP contribution < -0.4 is 0 Å². The summed E-state index contributed by atoms with van der Waals surface area (Å²) in [7, 11) is 0. The molecule has 0 N–H and O–H groups in total. The molecule has 0 bridgehead atoms. The fraction of sp³-hybridized carbons (Fsp3) is 0.611. The minimum Gasteiger partial charge on any atom is -0.368 e. The predicted octanol–water partition coefficient (Wildman–Crippen LogP) is 2.46. The van der Waals surface area contributed by atoms with Gasteiger partial charge in [-0.05, 0) is 32.3 Å². The normalized spacial score (nSPS) is 25.9. The number of amides is 1. The molecule has 2 atom stereocenters. The monoisotopic (exact) mass is 302 g/mol. The molecule has 0 radical (unpaired) electrons. The summed E-state index contributed by atoms with van der Waals surface area (Å²) >= 11 is 0. The molecular weight excluding hydrogens is 276 g/mol. The number of nitrogens with zero attached hydrogens (tertiary/aromatic N) is 2. The summed E-state index contributed by atoms with van der Waals surface area (Å²) in [6, 6.07) is 10.8. The molecule has 2 unspecified atom stereocenters. The number of hydrogen-bond acceptors (Lipinski definition) is 3. The first-order valence-electron chi connectivity index (χ1n) is 8.39. The number of rotatable bonds is 5. The molecule has 1 aromatic carbocycles. The molecular formula is C18H26N2O2. The average molecular weight is 302 g/mol. The smallest absolute Gasteiger partial charge is 0.236 e. The van der Waals surface area contributed by atoms with Gasteiger partial charge < -0.3 is 9.64 Å². The van der Waals surface area contributed by atoms with E-state index in [9.17, 15) is 4.79 Å². The van der Waals surface area contributed by atoms with Crippen molar-refractivity contribution in [3.8, 4) is 0 Å². The van der Waals surface area contributed by atoms with Crippen molar-refractivity contribution in [2.75, 3.05) is 26.2 Å². The maximum absolute atomic E-state index is 12.5. The number of benzene rings is 1. The van der Waals surface area contributed by atoms with E-state index in [2.05, 4.69) is 30.9 Å². The van der Waals surface area contributed by atoms with Crippen molar-refractivity contribution in [3.63, 3.8) is 0 Å². The third-order valence-electron chi connectivity index (χ3n) is 4.51. The van der Waals surface area contributed by atoms with E-state index in [1.54, 1.807) is 0 Å². The van der Waals surface area contributed by atoms with Crippen molar-refractivity contribution in [2.45, 2.75) is 44.9 Å². The Morgan fingerprint density at radius 3 is 2.64 bits per heavy atom. The Labute approximate surface area is 133 Å². The second kappa shape index (κ2) is 6.80. The van der Waals surface area contributed by atoms with E-state index in [0.29, 0.717) is 12.6 Å². The zero-order chi connectivity index (χ0) is 15.5. The highest BCUT2D eigenvalue weighted by atomic mass is 16.5. The molecule has 3 rings (SSSR count). The van der Waals surface area contributed by atoms with E-state index in [1.807, 2.05) is 23.1 Å². The van der Waals surface area contributed by atoms with Gasteiger partial charge in [0.25, 0.3) is 0 Å². The molecule has 4 nitrogen and oxygen atoms in total. The summed E-state index contributed by atoms with van der Waals surface area (Å²) in [5.74, 6) is 0.269. The topological polar surface area (TPSA) is 32.8 Å². The number of carbonyl (C=O) groups excluding carboxylic acids is 1. The van der Waals surface area contributed by atoms with Gasteiger partial charge in [-0.25, -0.2) is 0 Å². The highest BCUT2D eigenvalue weighted by molar-refractivity contribution is 5.79. The van der Waals surface area contributed by atoms with Crippen LogP contribution >= 0.6 is 0 Å². The summed E-state index contributed by atoms with van der Waals surface area (Å²) in [5, 5.41) is 0. The van der Waals surface area contributed by atoms with Crippen LogP contribution in [0.4, 0.5) is 0 Å². The third-order valence-corrected chi connectivity index (χ3v) is 4.51. The van der Waals surface area contributed by atoms with Gasteiger partial charge in [0.15, 0.2) is 0 Å². The van der Waals surface area contributed by atoms with Crippen molar-refractivity contribution in [1.82, 2.24) is 9.80 Å². The van der Waals surface area contributed by atoms with Gasteiger partial charge >= 0.3 is 0 Å². The fourth-order valence-electron chi connectivity index (χ4n) is 3.33. The number of likely N-dealkylation sites (N-methyl/N-ethyl adjacent to an activating group) is 1. The number of morpholine rings is 1. The first kappa shape index (κ1) is 15.5. The zero-order valence-electron chi connectivity index (χ0n) is 13.6. The van der Waals surface area contributed by atoms with Gasteiger partial charge in [0.1, 0.15) is 0 Å². The van der Waals surface area contributed by atoms with E-state index in [0.717, 1.165) is 19.6 Å². The van der Waals surface area contributed by atoms with E-state index in [-0.39, 0.29) is 18.1 Å². The SMILES string of the molecule is CCN(C(=O)CN1CC(C)OC(c2ccccc2)C1)C1CC1. The van der Waals surface area contributed by atoms with Crippen molar-refractivity contribution in [1.29, 1.82) is 0 Å². The summed E-state index contributed by atoms with van der Waals surface area (Å²) in [5.41, 5.74) is 1.20. The Morgan fingerprint density at radius 1 is 1.27 bits per heavy atom. The first-order valence-corrected chi connectivity index (χ1v) is 8.39. The van der Waals surface area contributed by atoms with Crippen LogP contribution in [0.1, 0.15) is 38.4 Å². The lowest BCUT2D eigenvalue weighted by atomic mass is 10.1. The lowest BCUT2D eigenvalue weighted by Crippen LogP contribution is -2.48. The minimum absolute atomic E-state index is 0.0637. The maximum Gasteiger partial charge on any atom is 0.236 e. The molecule has 22 heavy (non-hydrogen) atoms. The number of hydrogen-bond donors (Lipinski definition) is 0. The molecule has 1 aromatic rings. The molecule has 2 aliphatic rings. The molecule has 1 aliphatic heterocycles. The molecule has 0 aromatic heterocycles. The van der Waals surface area contributed by atoms with Crippen LogP contribution in [0, 0.1) is 0 Å². The summed E-state index contributed by atoms with van der Waals surface area (Å²) in [6.45, 7) is 7.13. The second-order valence-corrected chi connectivity index (χ2v) is 6.45. The van der Waals surface area contributed by atoms with E-state index in [1.165, 1.54) is 18.4 Å². The van der Waals surface area contributed by atoms with E-state index in [4.69, 9.17) is 4.74 Å². The molecule has 1 aliphatic carbocycles. The van der Waals surface area contributed by atoms with Crippen LogP contribution in [0.2, 0.25) is 0 Å². The lowest BCUT2D eigenvalue weighted by molar-refractivity contribution is -0.137. The first-order chi connectivity index (χ1) is 10.7. The van der Waals surface area contributed by atoms with Gasteiger partial charge in [-0.2, -0.15) is 0 Å². The van der Waals surface area contributed by atoms with E-state index >= 15 is 0 Å². The molecule has 1 heterocycles. The molecule has 1 amide bonds. The highest BCUT2D eigenvalue weighted by Crippen LogP contribution is 2.28. The lowest BCUT2D eigenvalue weighted by Gasteiger charge is -2.37. The van der Waals surface area contributed by atoms with Crippen molar-refractivity contribution in [2.24, 2.45) is 0 Å². The quantitative estimate of drug-likeness (QED) is 0.837. The molecule has 120 valence electrons. The van der Waals surface area contributed by atoms with Gasteiger partial charge in [-0.3, -0.25) is 9.69 Å². The Kier molecular flexibility index (Phi) is 4.79. The predicted molar refractivity (Wildman–Crippen MR) is 86.6 cm³/mol. The van der Waals surface area contributed by atoms with E-state index < -0.39 is 0 Å². The van der Waals surface area contributed by atoms with Crippen LogP contribution in [0.25, 0.3) is 0 Å². The maximum atomic E-state index is 12.5. The number of ether oxygens (including phenoxy) is 1. The van der Waals surface area contributed by atoms with Crippen LogP contribution in [-0.2, 0) is 9.53 Å². The van der Waals surface area contributed by atoms with Gasteiger partial charge in [0.05, 0.1) is 18.8 Å². The number of carbonyl (C=O) groups is 1. The van der Waals surface area contributed by atoms with Crippen molar-refractivity contribution >= 4 is 5.91 Å². The molecule has 2 fully saturated rings. The highest BCUT2D eigenvalue weighted by Gasteiger charge is 2.33. The van der Waals surface area contributed by atoms with Gasteiger partial charge in [0, 0.05) is 25.7 Å². The van der Waals surface area contributed by atoms with Crippen LogP contribution in [0.15, 0.2) is 30.3 Å². The van der Waals surface area contributed by atoms with Gasteiger partial charge in [0.2, 0.25) is 5.91 Å². The Hall–Kier alpha value is -1.39. The molecule has 0 spiro atoms. The molecule has 4 heteroatoms. The minimum atomic E-state index is 0.0637. The average Bonchev–Trinajstić information content (AvgIpc) is 3.33. The van der Waals surface area contributed by atoms with Gasteiger partial charge in [-0.1, -0.05) is 30.3 Å². The summed E-state index contributed by atoms with van der Waals surface area (Å²) in [6.07, 6.45) is 2.56. The van der Waals surface area contributed by atoms with Crippen LogP contribution in [0.5, 0.6) is 0 Å². The summed E-state index contributed by atoms with van der Waals surface area (Å²) < 4.78 is 6.06. The second-order valence-electron chi connectivity index (χ2n) is 6.45. The molecule has 1 saturated heterocycles. The largest absolute Gasteiger partial charge is 0.368 e. The fourth-order valence-corrected chi connectivity index (χ4v) is 3.33.